The largest absolute Gasteiger partial charge is 0.313 e. The summed E-state index contributed by atoms with van der Waals surface area (Å²) >= 11 is 12.4. The maximum Gasteiger partial charge on any atom is 0.154 e. The highest BCUT2D eigenvalue weighted by molar-refractivity contribution is 7.79. The van der Waals surface area contributed by atoms with Crippen molar-refractivity contribution in [1.29, 1.82) is 0 Å². The van der Waals surface area contributed by atoms with Crippen LogP contribution in [0, 0.1) is 13.8 Å². The van der Waals surface area contributed by atoms with Crippen LogP contribution in [-0.2, 0) is 4.57 Å². The van der Waals surface area contributed by atoms with E-state index in [1.54, 1.807) is 0 Å². The van der Waals surface area contributed by atoms with Gasteiger partial charge in [-0.05, 0) is 84.6 Å². The highest BCUT2D eigenvalue weighted by atomic mass is 35.5. The van der Waals surface area contributed by atoms with Crippen LogP contribution < -0.4 is 10.6 Å². The second-order valence-corrected chi connectivity index (χ2v) is 11.9. The Bertz CT molecular complexity index is 1240. The molecule has 0 radical (unpaired) electrons. The van der Waals surface area contributed by atoms with Gasteiger partial charge in [-0.25, -0.2) is 0 Å². The normalized spacial score (nSPS) is 13.2. The third kappa shape index (κ3) is 3.37. The van der Waals surface area contributed by atoms with Gasteiger partial charge in [0.1, 0.15) is 0 Å². The van der Waals surface area contributed by atoms with Crippen LogP contribution >= 0.6 is 30.3 Å². The minimum Gasteiger partial charge on any atom is -0.313 e. The van der Waals surface area contributed by atoms with Crippen molar-refractivity contribution in [2.75, 3.05) is 0 Å². The lowest BCUT2D eigenvalue weighted by Gasteiger charge is -2.28. The lowest BCUT2D eigenvalue weighted by atomic mass is 10.0. The van der Waals surface area contributed by atoms with Crippen molar-refractivity contribution in [2.45, 2.75) is 19.5 Å². The van der Waals surface area contributed by atoms with Crippen LogP contribution in [0.15, 0.2) is 84.9 Å². The van der Waals surface area contributed by atoms with Gasteiger partial charge in [-0.15, -0.1) is 0 Å². The van der Waals surface area contributed by atoms with E-state index in [9.17, 15) is 0 Å². The Morgan fingerprint density at radius 3 is 1.39 bits per heavy atom. The fourth-order valence-electron chi connectivity index (χ4n) is 4.62. The molecular weight excluding hydrogens is 442 g/mol. The fourth-order valence-corrected chi connectivity index (χ4v) is 8.18. The van der Waals surface area contributed by atoms with Gasteiger partial charge in [0.2, 0.25) is 0 Å². The minimum atomic E-state index is -3.12. The van der Waals surface area contributed by atoms with Crippen LogP contribution in [-0.4, -0.2) is 0 Å². The first kappa shape index (κ1) is 20.6. The molecule has 0 saturated heterocycles. The van der Waals surface area contributed by atoms with E-state index in [-0.39, 0.29) is 5.66 Å². The molecule has 1 aliphatic carbocycles. The molecular formula is C27H21Cl2OP. The van der Waals surface area contributed by atoms with Gasteiger partial charge >= 0.3 is 0 Å². The van der Waals surface area contributed by atoms with E-state index in [1.807, 2.05) is 48.5 Å². The van der Waals surface area contributed by atoms with Gasteiger partial charge in [0, 0.05) is 20.7 Å². The smallest absolute Gasteiger partial charge is 0.154 e. The van der Waals surface area contributed by atoms with Crippen LogP contribution in [0.25, 0.3) is 11.1 Å². The molecule has 0 heterocycles. The average molecular weight is 463 g/mol. The second kappa shape index (κ2) is 7.68. The summed E-state index contributed by atoms with van der Waals surface area (Å²) in [6.07, 6.45) is 0. The van der Waals surface area contributed by atoms with E-state index < -0.39 is 7.14 Å². The molecule has 0 amide bonds. The van der Waals surface area contributed by atoms with E-state index in [0.29, 0.717) is 10.0 Å². The summed E-state index contributed by atoms with van der Waals surface area (Å²) in [5.41, 5.74) is 6.69. The third-order valence-electron chi connectivity index (χ3n) is 6.08. The molecule has 0 N–H and O–H groups in total. The van der Waals surface area contributed by atoms with Crippen LogP contribution in [0.2, 0.25) is 10.0 Å². The maximum atomic E-state index is 15.3. The summed E-state index contributed by atoms with van der Waals surface area (Å²) in [5, 5.41) is 2.85. The topological polar surface area (TPSA) is 17.1 Å². The minimum absolute atomic E-state index is 0.263. The number of hydrogen-bond acceptors (Lipinski definition) is 1. The maximum absolute atomic E-state index is 15.3. The Kier molecular flexibility index (Phi) is 5.10. The quantitative estimate of drug-likeness (QED) is 0.285. The number of benzene rings is 4. The van der Waals surface area contributed by atoms with E-state index in [0.717, 1.165) is 21.7 Å². The zero-order chi connectivity index (χ0) is 21.8. The van der Waals surface area contributed by atoms with Crippen LogP contribution in [0.3, 0.4) is 0 Å². The Balaban J connectivity index is 1.85. The summed E-state index contributed by atoms with van der Waals surface area (Å²) in [4.78, 5) is 0. The standard InChI is InChI=1S/C27H21Cl2OP/c1-17-3-13-23-25(15-17)26-16-18(2)4-14-24(26)27(23)31(30,21-9-5-19(28)6-10-21)22-11-7-20(29)8-12-22/h3-16,27H,1-2H3. The Morgan fingerprint density at radius 2 is 1.00 bits per heavy atom. The molecule has 0 saturated carbocycles. The molecule has 0 bridgehead atoms. The third-order valence-corrected chi connectivity index (χ3v) is 10.00. The molecule has 0 unspecified atom stereocenters. The SMILES string of the molecule is Cc1ccc2c(c1)-c1cc(C)ccc1C2P(=O)(c1ccc(Cl)cc1)c1ccc(Cl)cc1. The van der Waals surface area contributed by atoms with Gasteiger partial charge in [-0.1, -0.05) is 70.7 Å². The summed E-state index contributed by atoms with van der Waals surface area (Å²) in [7, 11) is -3.12. The molecule has 0 atom stereocenters. The Hall–Kier alpha value is -2.31. The summed E-state index contributed by atoms with van der Waals surface area (Å²) in [6.45, 7) is 4.20. The molecule has 31 heavy (non-hydrogen) atoms. The van der Waals surface area contributed by atoms with Crippen molar-refractivity contribution in [2.24, 2.45) is 0 Å². The monoisotopic (exact) mass is 462 g/mol. The van der Waals surface area contributed by atoms with Crippen molar-refractivity contribution < 1.29 is 4.57 Å². The number of rotatable bonds is 3. The molecule has 4 heteroatoms. The van der Waals surface area contributed by atoms with E-state index in [2.05, 4.69) is 50.2 Å². The molecule has 0 aliphatic heterocycles. The van der Waals surface area contributed by atoms with Gasteiger partial charge in [0.25, 0.3) is 0 Å². The first-order chi connectivity index (χ1) is 14.9. The number of hydrogen-bond donors (Lipinski definition) is 0. The van der Waals surface area contributed by atoms with Gasteiger partial charge in [-0.3, -0.25) is 0 Å². The molecule has 1 nitrogen and oxygen atoms in total. The van der Waals surface area contributed by atoms with E-state index >= 15 is 4.57 Å². The molecule has 154 valence electrons. The second-order valence-electron chi connectivity index (χ2n) is 8.19. The molecule has 0 fully saturated rings. The number of halogens is 2. The highest BCUT2D eigenvalue weighted by Crippen LogP contribution is 2.65. The van der Waals surface area contributed by atoms with E-state index in [4.69, 9.17) is 23.2 Å². The lowest BCUT2D eigenvalue weighted by Crippen LogP contribution is -2.21. The lowest BCUT2D eigenvalue weighted by molar-refractivity contribution is 0.583. The molecule has 5 rings (SSSR count). The predicted octanol–water partition coefficient (Wildman–Crippen LogP) is 7.69. The van der Waals surface area contributed by atoms with Crippen LogP contribution in [0.5, 0.6) is 0 Å². The van der Waals surface area contributed by atoms with Crippen molar-refractivity contribution in [1.82, 2.24) is 0 Å². The summed E-state index contributed by atoms with van der Waals surface area (Å²) < 4.78 is 15.3. The molecule has 0 spiro atoms. The van der Waals surface area contributed by atoms with Crippen molar-refractivity contribution in [3.63, 3.8) is 0 Å². The molecule has 4 aromatic carbocycles. The molecule has 4 aromatic rings. The Labute approximate surface area is 193 Å². The van der Waals surface area contributed by atoms with Crippen LogP contribution in [0.1, 0.15) is 27.9 Å². The van der Waals surface area contributed by atoms with Crippen molar-refractivity contribution >= 4 is 41.0 Å². The zero-order valence-electron chi connectivity index (χ0n) is 17.3. The van der Waals surface area contributed by atoms with E-state index in [1.165, 1.54) is 22.3 Å². The molecule has 1 aliphatic rings. The molecule has 0 aromatic heterocycles. The summed E-state index contributed by atoms with van der Waals surface area (Å²) in [6, 6.07) is 27.8. The average Bonchev–Trinajstić information content (AvgIpc) is 3.07. The predicted molar refractivity (Wildman–Crippen MR) is 133 cm³/mol. The van der Waals surface area contributed by atoms with Gasteiger partial charge < -0.3 is 4.57 Å². The van der Waals surface area contributed by atoms with Crippen LogP contribution in [0.4, 0.5) is 0 Å². The fraction of sp³-hybridized carbons (Fsp3) is 0.111. The first-order valence-electron chi connectivity index (χ1n) is 10.2. The number of fused-ring (bicyclic) bond motifs is 3. The van der Waals surface area contributed by atoms with Gasteiger partial charge in [-0.2, -0.15) is 0 Å². The number of aryl methyl sites for hydroxylation is 2. The highest BCUT2D eigenvalue weighted by Gasteiger charge is 2.44. The summed E-state index contributed by atoms with van der Waals surface area (Å²) in [5.74, 6) is 0. The van der Waals surface area contributed by atoms with Gasteiger partial charge in [0.15, 0.2) is 7.14 Å². The van der Waals surface area contributed by atoms with Gasteiger partial charge in [0.05, 0.1) is 5.66 Å². The zero-order valence-corrected chi connectivity index (χ0v) is 19.7. The first-order valence-corrected chi connectivity index (χ1v) is 12.7. The Morgan fingerprint density at radius 1 is 0.613 bits per heavy atom. The van der Waals surface area contributed by atoms with Crippen molar-refractivity contribution in [3.8, 4) is 11.1 Å². The van der Waals surface area contributed by atoms with Crippen molar-refractivity contribution in [3.05, 3.63) is 117 Å².